The summed E-state index contributed by atoms with van der Waals surface area (Å²) in [7, 11) is 0. The molecule has 3 fully saturated rings. The van der Waals surface area contributed by atoms with Gasteiger partial charge in [0.1, 0.15) is 0 Å². The van der Waals surface area contributed by atoms with Crippen LogP contribution < -0.4 is 5.32 Å². The number of piperidine rings is 1. The molecular formula is C30H38BrCl2N3O2. The van der Waals surface area contributed by atoms with Crippen molar-refractivity contribution in [2.75, 3.05) is 26.2 Å². The fraction of sp³-hybridized carbons (Fsp3) is 0.533. The molecule has 2 aromatic carbocycles. The maximum absolute atomic E-state index is 13.4. The standard InChI is InChI=1S/C30H37BrClN3O2.ClH/c31-25-9-5-22(6-10-25)21-35-20-16-30(29(35)37)14-18-34(19-15-30)17-13-27(23-7-11-26(32)12-8-23)33-28(36)24-3-1-2-4-24;/h5-12,24,27H,1-4,13-21H2,(H,33,36);1H. The van der Waals surface area contributed by atoms with Gasteiger partial charge in [-0.3, -0.25) is 9.59 Å². The molecule has 1 N–H and O–H groups in total. The lowest BCUT2D eigenvalue weighted by Crippen LogP contribution is -2.45. The number of hydrogen-bond donors (Lipinski definition) is 1. The van der Waals surface area contributed by atoms with Gasteiger partial charge in [0, 0.05) is 35.0 Å². The van der Waals surface area contributed by atoms with Gasteiger partial charge in [0.15, 0.2) is 0 Å². The predicted octanol–water partition coefficient (Wildman–Crippen LogP) is 6.78. The number of nitrogens with one attached hydrogen (secondary N) is 1. The van der Waals surface area contributed by atoms with Crippen LogP contribution in [0.25, 0.3) is 0 Å². The summed E-state index contributed by atoms with van der Waals surface area (Å²) < 4.78 is 1.06. The summed E-state index contributed by atoms with van der Waals surface area (Å²) in [5, 5.41) is 4.06. The molecule has 1 atom stereocenters. The van der Waals surface area contributed by atoms with Gasteiger partial charge in [-0.05, 0) is 87.0 Å². The number of carbonyl (C=O) groups excluding carboxylic acids is 2. The molecule has 2 amide bonds. The SMILES string of the molecule is Cl.O=C(NC(CCN1CCC2(CC1)CCN(Cc1ccc(Br)cc1)C2=O)c1ccc(Cl)cc1)C1CCCC1. The minimum absolute atomic E-state index is 0. The smallest absolute Gasteiger partial charge is 0.229 e. The third-order valence-electron chi connectivity index (χ3n) is 8.75. The Morgan fingerprint density at radius 2 is 1.63 bits per heavy atom. The monoisotopic (exact) mass is 621 g/mol. The topological polar surface area (TPSA) is 52.7 Å². The molecule has 206 valence electrons. The Hall–Kier alpha value is -1.60. The zero-order valence-electron chi connectivity index (χ0n) is 21.8. The molecule has 0 bridgehead atoms. The fourth-order valence-electron chi connectivity index (χ4n) is 6.33. The van der Waals surface area contributed by atoms with E-state index < -0.39 is 0 Å². The van der Waals surface area contributed by atoms with Crippen LogP contribution in [0.1, 0.15) is 68.5 Å². The van der Waals surface area contributed by atoms with Crippen molar-refractivity contribution in [3.05, 3.63) is 69.2 Å². The maximum Gasteiger partial charge on any atom is 0.229 e. The Kier molecular flexibility index (Phi) is 10.2. The van der Waals surface area contributed by atoms with Gasteiger partial charge in [-0.15, -0.1) is 12.4 Å². The second-order valence-corrected chi connectivity index (χ2v) is 12.5. The second kappa shape index (κ2) is 13.2. The predicted molar refractivity (Wildman–Crippen MR) is 158 cm³/mol. The Balaban J connectivity index is 0.00000336. The third-order valence-corrected chi connectivity index (χ3v) is 9.53. The van der Waals surface area contributed by atoms with E-state index in [4.69, 9.17) is 11.6 Å². The number of amides is 2. The number of likely N-dealkylation sites (tertiary alicyclic amines) is 2. The van der Waals surface area contributed by atoms with E-state index >= 15 is 0 Å². The van der Waals surface area contributed by atoms with Crippen LogP contribution in [0.2, 0.25) is 5.02 Å². The molecule has 0 radical (unpaired) electrons. The number of carbonyl (C=O) groups is 2. The number of halogens is 3. The number of hydrogen-bond acceptors (Lipinski definition) is 3. The minimum Gasteiger partial charge on any atom is -0.349 e. The molecule has 1 unspecified atom stereocenters. The van der Waals surface area contributed by atoms with Gasteiger partial charge in [0.05, 0.1) is 11.5 Å². The van der Waals surface area contributed by atoms with E-state index in [0.29, 0.717) is 17.5 Å². The number of nitrogens with zero attached hydrogens (tertiary/aromatic N) is 2. The second-order valence-electron chi connectivity index (χ2n) is 11.1. The van der Waals surface area contributed by atoms with Crippen molar-refractivity contribution < 1.29 is 9.59 Å². The van der Waals surface area contributed by atoms with Gasteiger partial charge in [0.25, 0.3) is 0 Å². The van der Waals surface area contributed by atoms with Crippen LogP contribution in [0, 0.1) is 11.3 Å². The summed E-state index contributed by atoms with van der Waals surface area (Å²) in [6, 6.07) is 16.1. The van der Waals surface area contributed by atoms with E-state index in [9.17, 15) is 9.59 Å². The molecule has 2 saturated heterocycles. The molecule has 2 aromatic rings. The summed E-state index contributed by atoms with van der Waals surface area (Å²) in [4.78, 5) is 30.9. The third kappa shape index (κ3) is 6.93. The normalized spacial score (nSPS) is 20.5. The van der Waals surface area contributed by atoms with Crippen LogP contribution in [0.15, 0.2) is 53.0 Å². The van der Waals surface area contributed by atoms with E-state index in [1.165, 1.54) is 5.56 Å². The van der Waals surface area contributed by atoms with Crippen molar-refractivity contribution in [3.8, 4) is 0 Å². The van der Waals surface area contributed by atoms with E-state index in [1.807, 2.05) is 41.3 Å². The van der Waals surface area contributed by atoms with Crippen LogP contribution in [0.5, 0.6) is 0 Å². The summed E-state index contributed by atoms with van der Waals surface area (Å²) >= 11 is 9.62. The largest absolute Gasteiger partial charge is 0.349 e. The van der Waals surface area contributed by atoms with E-state index in [-0.39, 0.29) is 35.7 Å². The lowest BCUT2D eigenvalue weighted by atomic mass is 9.77. The molecular weight excluding hydrogens is 585 g/mol. The Morgan fingerprint density at radius 3 is 2.29 bits per heavy atom. The zero-order chi connectivity index (χ0) is 25.8. The van der Waals surface area contributed by atoms with Crippen molar-refractivity contribution in [3.63, 3.8) is 0 Å². The molecule has 3 aliphatic rings. The maximum atomic E-state index is 13.4. The molecule has 2 aliphatic heterocycles. The average Bonchev–Trinajstić information content (AvgIpc) is 3.55. The lowest BCUT2D eigenvalue weighted by molar-refractivity contribution is -0.139. The molecule has 5 nitrogen and oxygen atoms in total. The molecule has 5 rings (SSSR count). The first-order valence-electron chi connectivity index (χ1n) is 13.7. The van der Waals surface area contributed by atoms with Gasteiger partial charge in [-0.1, -0.05) is 64.6 Å². The van der Waals surface area contributed by atoms with Gasteiger partial charge in [0.2, 0.25) is 11.8 Å². The van der Waals surface area contributed by atoms with Crippen LogP contribution in [0.4, 0.5) is 0 Å². The van der Waals surface area contributed by atoms with Crippen LogP contribution in [-0.2, 0) is 16.1 Å². The summed E-state index contributed by atoms with van der Waals surface area (Å²) in [6.07, 6.45) is 7.96. The van der Waals surface area contributed by atoms with Gasteiger partial charge >= 0.3 is 0 Å². The highest BCUT2D eigenvalue weighted by atomic mass is 79.9. The minimum atomic E-state index is -0.196. The Labute approximate surface area is 246 Å². The molecule has 1 saturated carbocycles. The van der Waals surface area contributed by atoms with Gasteiger partial charge in [-0.25, -0.2) is 0 Å². The molecule has 1 aliphatic carbocycles. The summed E-state index contributed by atoms with van der Waals surface area (Å²) in [5.74, 6) is 0.675. The average molecular weight is 623 g/mol. The summed E-state index contributed by atoms with van der Waals surface area (Å²) in [6.45, 7) is 4.32. The van der Waals surface area contributed by atoms with Crippen molar-refractivity contribution in [1.82, 2.24) is 15.1 Å². The molecule has 2 heterocycles. The van der Waals surface area contributed by atoms with E-state index in [1.54, 1.807) is 0 Å². The lowest BCUT2D eigenvalue weighted by Gasteiger charge is -2.38. The molecule has 1 spiro atoms. The van der Waals surface area contributed by atoms with E-state index in [2.05, 4.69) is 38.3 Å². The number of benzene rings is 2. The van der Waals surface area contributed by atoms with Crippen LogP contribution >= 0.6 is 39.9 Å². The van der Waals surface area contributed by atoms with Crippen molar-refractivity contribution in [2.45, 2.75) is 64.0 Å². The van der Waals surface area contributed by atoms with Crippen LogP contribution in [0.3, 0.4) is 0 Å². The highest BCUT2D eigenvalue weighted by molar-refractivity contribution is 9.10. The molecule has 0 aromatic heterocycles. The first-order chi connectivity index (χ1) is 17.9. The van der Waals surface area contributed by atoms with Crippen molar-refractivity contribution >= 4 is 51.8 Å². The summed E-state index contributed by atoms with van der Waals surface area (Å²) in [5.41, 5.74) is 2.09. The number of rotatable bonds is 8. The Morgan fingerprint density at radius 1 is 1.00 bits per heavy atom. The highest BCUT2D eigenvalue weighted by Gasteiger charge is 2.47. The van der Waals surface area contributed by atoms with Gasteiger partial charge in [-0.2, -0.15) is 0 Å². The van der Waals surface area contributed by atoms with Crippen molar-refractivity contribution in [1.29, 1.82) is 0 Å². The van der Waals surface area contributed by atoms with E-state index in [0.717, 1.165) is 87.6 Å². The quantitative estimate of drug-likeness (QED) is 0.353. The fourth-order valence-corrected chi connectivity index (χ4v) is 6.72. The highest BCUT2D eigenvalue weighted by Crippen LogP contribution is 2.42. The Bertz CT molecular complexity index is 1080. The first kappa shape index (κ1) is 29.4. The zero-order valence-corrected chi connectivity index (χ0v) is 25.0. The molecule has 8 heteroatoms. The van der Waals surface area contributed by atoms with Crippen LogP contribution in [-0.4, -0.2) is 47.8 Å². The van der Waals surface area contributed by atoms with Gasteiger partial charge < -0.3 is 15.1 Å². The molecule has 38 heavy (non-hydrogen) atoms. The first-order valence-corrected chi connectivity index (χ1v) is 14.9. The van der Waals surface area contributed by atoms with Crippen molar-refractivity contribution in [2.24, 2.45) is 11.3 Å².